The molecule has 0 aromatic carbocycles. The lowest BCUT2D eigenvalue weighted by atomic mass is 9.88. The van der Waals surface area contributed by atoms with Crippen LogP contribution in [0.4, 0.5) is 0 Å². The van der Waals surface area contributed by atoms with Gasteiger partial charge in [-0.3, -0.25) is 0 Å². The largest absolute Gasteiger partial charge is 0.328 e. The van der Waals surface area contributed by atoms with Crippen molar-refractivity contribution in [1.82, 2.24) is 5.32 Å². The molecule has 3 N–H and O–H groups in total. The minimum Gasteiger partial charge on any atom is -0.328 e. The van der Waals surface area contributed by atoms with Gasteiger partial charge in [0.05, 0.1) is 0 Å². The first-order valence-electron chi connectivity index (χ1n) is 4.43. The third kappa shape index (κ3) is 3.04. The molecule has 1 fully saturated rings. The van der Waals surface area contributed by atoms with Crippen LogP contribution in [0.5, 0.6) is 0 Å². The van der Waals surface area contributed by atoms with Crippen LogP contribution < -0.4 is 11.1 Å². The second-order valence-corrected chi connectivity index (χ2v) is 3.24. The summed E-state index contributed by atoms with van der Waals surface area (Å²) in [4.78, 5) is 0. The molecule has 1 aliphatic carbocycles. The van der Waals surface area contributed by atoms with Gasteiger partial charge in [-0.15, -0.1) is 0 Å². The number of hydrogen-bond donors (Lipinski definition) is 2. The fraction of sp³-hybridized carbons (Fsp3) is 0.778. The molecular formula is C9H18N2. The van der Waals surface area contributed by atoms with Crippen LogP contribution in [0.2, 0.25) is 0 Å². The topological polar surface area (TPSA) is 38.0 Å². The van der Waals surface area contributed by atoms with Crippen LogP contribution >= 0.6 is 0 Å². The Hall–Kier alpha value is -0.340. The van der Waals surface area contributed by atoms with Gasteiger partial charge in [0.15, 0.2) is 0 Å². The summed E-state index contributed by atoms with van der Waals surface area (Å²) in [7, 11) is 0. The first-order chi connectivity index (χ1) is 5.33. The Kier molecular flexibility index (Phi) is 3.60. The summed E-state index contributed by atoms with van der Waals surface area (Å²) in [5.41, 5.74) is 5.65. The van der Waals surface area contributed by atoms with Gasteiger partial charge in [0, 0.05) is 12.1 Å². The van der Waals surface area contributed by atoms with E-state index in [1.54, 1.807) is 0 Å². The van der Waals surface area contributed by atoms with E-state index in [0.717, 1.165) is 25.8 Å². The highest BCUT2D eigenvalue weighted by atomic mass is 14.9. The highest BCUT2D eigenvalue weighted by molar-refractivity contribution is 4.88. The van der Waals surface area contributed by atoms with Crippen molar-refractivity contribution in [2.75, 3.05) is 6.54 Å². The van der Waals surface area contributed by atoms with Crippen molar-refractivity contribution in [3.63, 3.8) is 0 Å². The van der Waals surface area contributed by atoms with Gasteiger partial charge in [-0.05, 0) is 32.7 Å². The summed E-state index contributed by atoms with van der Waals surface area (Å²) < 4.78 is 0. The zero-order valence-corrected chi connectivity index (χ0v) is 7.22. The van der Waals surface area contributed by atoms with E-state index in [-0.39, 0.29) is 0 Å². The van der Waals surface area contributed by atoms with Gasteiger partial charge in [0.25, 0.3) is 0 Å². The number of allylic oxidation sites excluding steroid dienone is 1. The highest BCUT2D eigenvalue weighted by Crippen LogP contribution is 2.16. The lowest BCUT2D eigenvalue weighted by molar-refractivity contribution is 0.294. The second kappa shape index (κ2) is 4.52. The summed E-state index contributed by atoms with van der Waals surface area (Å²) in [5, 5.41) is 3.45. The van der Waals surface area contributed by atoms with Crippen molar-refractivity contribution in [1.29, 1.82) is 0 Å². The molecule has 2 nitrogen and oxygen atoms in total. The average Bonchev–Trinajstić information content (AvgIpc) is 1.94. The van der Waals surface area contributed by atoms with Crippen molar-refractivity contribution >= 4 is 0 Å². The molecule has 0 spiro atoms. The Bertz CT molecular complexity index is 126. The lowest BCUT2D eigenvalue weighted by Crippen LogP contribution is -2.48. The summed E-state index contributed by atoms with van der Waals surface area (Å²) >= 11 is 0. The van der Waals surface area contributed by atoms with Crippen LogP contribution in [0.25, 0.3) is 0 Å². The quantitative estimate of drug-likeness (QED) is 0.469. The molecule has 0 atom stereocenters. The SMILES string of the molecule is C/C=C/CCNC1CC(N)C1. The second-order valence-electron chi connectivity index (χ2n) is 3.24. The van der Waals surface area contributed by atoms with Crippen LogP contribution in [0, 0.1) is 0 Å². The van der Waals surface area contributed by atoms with Crippen LogP contribution in [-0.2, 0) is 0 Å². The monoisotopic (exact) mass is 154 g/mol. The first kappa shape index (κ1) is 8.75. The van der Waals surface area contributed by atoms with Gasteiger partial charge in [0.2, 0.25) is 0 Å². The Balaban J connectivity index is 1.88. The Morgan fingerprint density at radius 2 is 2.27 bits per heavy atom. The molecule has 0 heterocycles. The van der Waals surface area contributed by atoms with E-state index in [2.05, 4.69) is 24.4 Å². The van der Waals surface area contributed by atoms with Gasteiger partial charge in [-0.25, -0.2) is 0 Å². The molecule has 64 valence electrons. The highest BCUT2D eigenvalue weighted by Gasteiger charge is 2.24. The molecule has 1 rings (SSSR count). The van der Waals surface area contributed by atoms with Gasteiger partial charge in [0.1, 0.15) is 0 Å². The molecule has 0 aromatic rings. The lowest BCUT2D eigenvalue weighted by Gasteiger charge is -2.33. The average molecular weight is 154 g/mol. The van der Waals surface area contributed by atoms with E-state index in [9.17, 15) is 0 Å². The minimum atomic E-state index is 0.467. The smallest absolute Gasteiger partial charge is 0.00966 e. The zero-order valence-electron chi connectivity index (χ0n) is 7.22. The maximum Gasteiger partial charge on any atom is 0.00966 e. The van der Waals surface area contributed by atoms with Crippen LogP contribution in [0.3, 0.4) is 0 Å². The van der Waals surface area contributed by atoms with Gasteiger partial charge < -0.3 is 11.1 Å². The molecule has 1 aliphatic rings. The third-order valence-electron chi connectivity index (χ3n) is 2.15. The molecule has 0 aliphatic heterocycles. The predicted molar refractivity (Wildman–Crippen MR) is 48.4 cm³/mol. The summed E-state index contributed by atoms with van der Waals surface area (Å²) in [6.45, 7) is 3.15. The molecule has 0 radical (unpaired) electrons. The van der Waals surface area contributed by atoms with E-state index in [1.165, 1.54) is 0 Å². The van der Waals surface area contributed by atoms with E-state index in [1.807, 2.05) is 0 Å². The molecule has 2 heteroatoms. The summed E-state index contributed by atoms with van der Waals surface area (Å²) in [5.74, 6) is 0. The molecule has 1 saturated carbocycles. The molecular weight excluding hydrogens is 136 g/mol. The van der Waals surface area contributed by atoms with E-state index >= 15 is 0 Å². The van der Waals surface area contributed by atoms with Crippen LogP contribution in [0.1, 0.15) is 26.2 Å². The fourth-order valence-electron chi connectivity index (χ4n) is 1.37. The van der Waals surface area contributed by atoms with E-state index in [0.29, 0.717) is 12.1 Å². The van der Waals surface area contributed by atoms with Crippen molar-refractivity contribution < 1.29 is 0 Å². The Morgan fingerprint density at radius 3 is 2.82 bits per heavy atom. The van der Waals surface area contributed by atoms with Crippen LogP contribution in [-0.4, -0.2) is 18.6 Å². The molecule has 0 amide bonds. The number of nitrogens with one attached hydrogen (secondary N) is 1. The van der Waals surface area contributed by atoms with Crippen molar-refractivity contribution in [3.05, 3.63) is 12.2 Å². The fourth-order valence-corrected chi connectivity index (χ4v) is 1.37. The Labute approximate surface area is 68.9 Å². The zero-order chi connectivity index (χ0) is 8.10. The van der Waals surface area contributed by atoms with Crippen molar-refractivity contribution in [2.24, 2.45) is 5.73 Å². The van der Waals surface area contributed by atoms with E-state index in [4.69, 9.17) is 5.73 Å². The standard InChI is InChI=1S/C9H18N2/c1-2-3-4-5-11-9-6-8(10)7-9/h2-3,8-9,11H,4-7,10H2,1H3/b3-2+. The predicted octanol–water partition coefficient (Wildman–Crippen LogP) is 1.03. The van der Waals surface area contributed by atoms with Gasteiger partial charge >= 0.3 is 0 Å². The van der Waals surface area contributed by atoms with Crippen LogP contribution in [0.15, 0.2) is 12.2 Å². The van der Waals surface area contributed by atoms with Crippen molar-refractivity contribution in [3.8, 4) is 0 Å². The molecule has 0 saturated heterocycles. The van der Waals surface area contributed by atoms with Gasteiger partial charge in [-0.2, -0.15) is 0 Å². The number of rotatable bonds is 4. The minimum absolute atomic E-state index is 0.467. The summed E-state index contributed by atoms with van der Waals surface area (Å²) in [6, 6.07) is 1.17. The first-order valence-corrected chi connectivity index (χ1v) is 4.43. The maximum absolute atomic E-state index is 5.65. The van der Waals surface area contributed by atoms with Crippen molar-refractivity contribution in [2.45, 2.75) is 38.3 Å². The molecule has 0 aromatic heterocycles. The van der Waals surface area contributed by atoms with E-state index < -0.39 is 0 Å². The third-order valence-corrected chi connectivity index (χ3v) is 2.15. The Morgan fingerprint density at radius 1 is 1.55 bits per heavy atom. The van der Waals surface area contributed by atoms with Gasteiger partial charge in [-0.1, -0.05) is 12.2 Å². The number of nitrogens with two attached hydrogens (primary N) is 1. The normalized spacial score (nSPS) is 30.7. The number of hydrogen-bond acceptors (Lipinski definition) is 2. The maximum atomic E-state index is 5.65. The molecule has 0 unspecified atom stereocenters. The summed E-state index contributed by atoms with van der Waals surface area (Å²) in [6.07, 6.45) is 7.74. The molecule has 11 heavy (non-hydrogen) atoms. The molecule has 0 bridgehead atoms.